The van der Waals surface area contributed by atoms with E-state index >= 15 is 0 Å². The lowest BCUT2D eigenvalue weighted by Crippen LogP contribution is -2.20. The van der Waals surface area contributed by atoms with Crippen LogP contribution < -0.4 is 10.1 Å². The van der Waals surface area contributed by atoms with Crippen molar-refractivity contribution in [3.8, 4) is 5.75 Å². The van der Waals surface area contributed by atoms with Crippen LogP contribution in [0.1, 0.15) is 21.5 Å². The summed E-state index contributed by atoms with van der Waals surface area (Å²) in [4.78, 5) is 23.8. The van der Waals surface area contributed by atoms with Crippen LogP contribution in [-0.2, 0) is 14.3 Å². The van der Waals surface area contributed by atoms with Gasteiger partial charge in [0.1, 0.15) is 19.0 Å². The van der Waals surface area contributed by atoms with Crippen molar-refractivity contribution in [1.29, 1.82) is 0 Å². The van der Waals surface area contributed by atoms with Crippen molar-refractivity contribution in [1.82, 2.24) is 0 Å². The molecule has 26 heavy (non-hydrogen) atoms. The van der Waals surface area contributed by atoms with Crippen LogP contribution in [-0.4, -0.2) is 38.8 Å². The Morgan fingerprint density at radius 2 is 1.77 bits per heavy atom. The lowest BCUT2D eigenvalue weighted by molar-refractivity contribution is -0.120. The maximum Gasteiger partial charge on any atom is 0.338 e. The molecule has 0 aliphatic carbocycles. The molecule has 0 unspecified atom stereocenters. The van der Waals surface area contributed by atoms with Gasteiger partial charge in [-0.25, -0.2) is 4.79 Å². The molecular formula is C20H23NO5. The summed E-state index contributed by atoms with van der Waals surface area (Å²) in [5.74, 6) is 0.0193. The van der Waals surface area contributed by atoms with Gasteiger partial charge in [0.15, 0.2) is 0 Å². The van der Waals surface area contributed by atoms with Gasteiger partial charge in [-0.1, -0.05) is 18.2 Å². The van der Waals surface area contributed by atoms with E-state index in [2.05, 4.69) is 5.32 Å². The van der Waals surface area contributed by atoms with Crippen molar-refractivity contribution in [2.75, 3.05) is 32.2 Å². The second-order valence-electron chi connectivity index (χ2n) is 5.72. The summed E-state index contributed by atoms with van der Waals surface area (Å²) in [6.07, 6.45) is 0. The number of hydrogen-bond acceptors (Lipinski definition) is 5. The fourth-order valence-corrected chi connectivity index (χ4v) is 2.35. The van der Waals surface area contributed by atoms with Crippen molar-refractivity contribution in [3.63, 3.8) is 0 Å². The van der Waals surface area contributed by atoms with E-state index in [-0.39, 0.29) is 12.5 Å². The summed E-state index contributed by atoms with van der Waals surface area (Å²) in [5, 5.41) is 2.73. The number of esters is 1. The van der Waals surface area contributed by atoms with Crippen molar-refractivity contribution < 1.29 is 23.8 Å². The number of rotatable bonds is 8. The van der Waals surface area contributed by atoms with Crippen LogP contribution in [0.5, 0.6) is 5.75 Å². The Hall–Kier alpha value is -2.86. The largest absolute Gasteiger partial charge is 0.491 e. The smallest absolute Gasteiger partial charge is 0.338 e. The zero-order valence-electron chi connectivity index (χ0n) is 15.2. The summed E-state index contributed by atoms with van der Waals surface area (Å²) in [5.41, 5.74) is 2.67. The minimum absolute atomic E-state index is 0.0986. The zero-order chi connectivity index (χ0) is 18.9. The SMILES string of the molecule is COC(=O)c1cc(NC(=O)COCCOc2ccccc2)cc(C)c1C. The molecule has 0 aliphatic heterocycles. The van der Waals surface area contributed by atoms with Gasteiger partial charge in [-0.3, -0.25) is 4.79 Å². The van der Waals surface area contributed by atoms with Crippen LogP contribution in [0.15, 0.2) is 42.5 Å². The summed E-state index contributed by atoms with van der Waals surface area (Å²) in [6, 6.07) is 12.8. The lowest BCUT2D eigenvalue weighted by atomic mass is 10.0. The van der Waals surface area contributed by atoms with E-state index in [9.17, 15) is 9.59 Å². The fraction of sp³-hybridized carbons (Fsp3) is 0.300. The lowest BCUT2D eigenvalue weighted by Gasteiger charge is -2.12. The van der Waals surface area contributed by atoms with Crippen LogP contribution in [0.4, 0.5) is 5.69 Å². The summed E-state index contributed by atoms with van der Waals surface area (Å²) in [6.45, 7) is 4.26. The van der Waals surface area contributed by atoms with Gasteiger partial charge >= 0.3 is 5.97 Å². The van der Waals surface area contributed by atoms with E-state index in [4.69, 9.17) is 14.2 Å². The molecule has 138 valence electrons. The number of carbonyl (C=O) groups excluding carboxylic acids is 2. The van der Waals surface area contributed by atoms with Crippen LogP contribution in [0.25, 0.3) is 0 Å². The van der Waals surface area contributed by atoms with Crippen molar-refractivity contribution >= 4 is 17.6 Å². The molecular weight excluding hydrogens is 334 g/mol. The molecule has 0 aliphatic rings. The first-order valence-corrected chi connectivity index (χ1v) is 8.26. The number of methoxy groups -OCH3 is 1. The fourth-order valence-electron chi connectivity index (χ4n) is 2.35. The number of hydrogen-bond donors (Lipinski definition) is 1. The number of aryl methyl sites for hydroxylation is 1. The monoisotopic (exact) mass is 357 g/mol. The molecule has 6 nitrogen and oxygen atoms in total. The molecule has 0 atom stereocenters. The quantitative estimate of drug-likeness (QED) is 0.580. The molecule has 6 heteroatoms. The summed E-state index contributed by atoms with van der Waals surface area (Å²) >= 11 is 0. The third kappa shape index (κ3) is 5.60. The minimum atomic E-state index is -0.434. The Kier molecular flexibility index (Phi) is 7.17. The number of amides is 1. The summed E-state index contributed by atoms with van der Waals surface area (Å²) < 4.78 is 15.6. The number of para-hydroxylation sites is 1. The zero-order valence-corrected chi connectivity index (χ0v) is 15.2. The van der Waals surface area contributed by atoms with Gasteiger partial charge in [-0.2, -0.15) is 0 Å². The van der Waals surface area contributed by atoms with Gasteiger partial charge in [0.25, 0.3) is 0 Å². The standard InChI is InChI=1S/C20H23NO5/c1-14-11-16(12-18(15(14)2)20(23)24-3)21-19(22)13-25-9-10-26-17-7-5-4-6-8-17/h4-8,11-12H,9-10,13H2,1-3H3,(H,21,22). The van der Waals surface area contributed by atoms with E-state index < -0.39 is 5.97 Å². The Balaban J connectivity index is 1.80. The molecule has 0 heterocycles. The molecule has 2 aromatic rings. The van der Waals surface area contributed by atoms with E-state index in [1.165, 1.54) is 7.11 Å². The normalized spacial score (nSPS) is 10.3. The van der Waals surface area contributed by atoms with E-state index in [1.807, 2.05) is 44.2 Å². The highest BCUT2D eigenvalue weighted by Crippen LogP contribution is 2.20. The van der Waals surface area contributed by atoms with Gasteiger partial charge in [0.2, 0.25) is 5.91 Å². The third-order valence-corrected chi connectivity index (χ3v) is 3.83. The molecule has 0 bridgehead atoms. The molecule has 0 fully saturated rings. The van der Waals surface area contributed by atoms with E-state index in [1.54, 1.807) is 12.1 Å². The Labute approximate surface area is 153 Å². The van der Waals surface area contributed by atoms with Crippen LogP contribution in [0.3, 0.4) is 0 Å². The molecule has 0 radical (unpaired) electrons. The first-order valence-electron chi connectivity index (χ1n) is 8.26. The second-order valence-corrected chi connectivity index (χ2v) is 5.72. The average Bonchev–Trinajstić information content (AvgIpc) is 2.64. The van der Waals surface area contributed by atoms with Gasteiger partial charge < -0.3 is 19.5 Å². The highest BCUT2D eigenvalue weighted by atomic mass is 16.5. The molecule has 0 saturated carbocycles. The molecule has 0 spiro atoms. The van der Waals surface area contributed by atoms with Crippen LogP contribution in [0.2, 0.25) is 0 Å². The molecule has 0 aromatic heterocycles. The van der Waals surface area contributed by atoms with Gasteiger partial charge in [-0.15, -0.1) is 0 Å². The number of nitrogens with one attached hydrogen (secondary N) is 1. The van der Waals surface area contributed by atoms with Crippen LogP contribution in [0, 0.1) is 13.8 Å². The third-order valence-electron chi connectivity index (χ3n) is 3.83. The first kappa shape index (κ1) is 19.5. The molecule has 0 saturated heterocycles. The molecule has 2 rings (SSSR count). The Morgan fingerprint density at radius 3 is 2.46 bits per heavy atom. The highest BCUT2D eigenvalue weighted by Gasteiger charge is 2.13. The molecule has 1 N–H and O–H groups in total. The van der Waals surface area contributed by atoms with Gasteiger partial charge in [-0.05, 0) is 49.2 Å². The number of carbonyl (C=O) groups is 2. The van der Waals surface area contributed by atoms with Crippen LogP contribution >= 0.6 is 0 Å². The maximum absolute atomic E-state index is 12.0. The van der Waals surface area contributed by atoms with Crippen molar-refractivity contribution in [2.45, 2.75) is 13.8 Å². The maximum atomic E-state index is 12.0. The second kappa shape index (κ2) is 9.58. The average molecular weight is 357 g/mol. The van der Waals surface area contributed by atoms with E-state index in [0.717, 1.165) is 16.9 Å². The number of benzene rings is 2. The molecule has 1 amide bonds. The molecule has 2 aromatic carbocycles. The predicted molar refractivity (Wildman–Crippen MR) is 98.6 cm³/mol. The minimum Gasteiger partial charge on any atom is -0.491 e. The number of ether oxygens (including phenoxy) is 3. The Bertz CT molecular complexity index is 758. The van der Waals surface area contributed by atoms with Gasteiger partial charge in [0, 0.05) is 5.69 Å². The Morgan fingerprint density at radius 1 is 1.04 bits per heavy atom. The van der Waals surface area contributed by atoms with Crippen molar-refractivity contribution in [2.24, 2.45) is 0 Å². The predicted octanol–water partition coefficient (Wildman–Crippen LogP) is 3.12. The highest BCUT2D eigenvalue weighted by molar-refractivity contribution is 5.96. The first-order chi connectivity index (χ1) is 12.5. The summed E-state index contributed by atoms with van der Waals surface area (Å²) in [7, 11) is 1.33. The topological polar surface area (TPSA) is 73.9 Å². The number of anilines is 1. The van der Waals surface area contributed by atoms with Crippen molar-refractivity contribution in [3.05, 3.63) is 59.2 Å². The van der Waals surface area contributed by atoms with E-state index in [0.29, 0.717) is 24.5 Å². The van der Waals surface area contributed by atoms with Gasteiger partial charge in [0.05, 0.1) is 19.3 Å².